The summed E-state index contributed by atoms with van der Waals surface area (Å²) in [5, 5.41) is 4.27. The summed E-state index contributed by atoms with van der Waals surface area (Å²) in [5.41, 5.74) is 0.480. The lowest BCUT2D eigenvalue weighted by Crippen LogP contribution is -2.51. The summed E-state index contributed by atoms with van der Waals surface area (Å²) in [4.78, 5) is 14.1. The zero-order chi connectivity index (χ0) is 12.4. The molecular formula is C12H14Cl2N2O. The second-order valence-electron chi connectivity index (χ2n) is 4.23. The van der Waals surface area contributed by atoms with Crippen LogP contribution in [0.1, 0.15) is 17.3 Å². The van der Waals surface area contributed by atoms with Gasteiger partial charge in [0.25, 0.3) is 5.91 Å². The lowest BCUT2D eigenvalue weighted by atomic mass is 10.1. The van der Waals surface area contributed by atoms with E-state index in [4.69, 9.17) is 23.2 Å². The quantitative estimate of drug-likeness (QED) is 0.852. The van der Waals surface area contributed by atoms with Crippen molar-refractivity contribution in [1.82, 2.24) is 10.2 Å². The predicted octanol–water partition coefficient (Wildman–Crippen LogP) is 2.43. The zero-order valence-corrected chi connectivity index (χ0v) is 11.1. The molecule has 2 rings (SSSR count). The number of hydrogen-bond acceptors (Lipinski definition) is 2. The second kappa shape index (κ2) is 5.25. The van der Waals surface area contributed by atoms with Gasteiger partial charge in [-0.25, -0.2) is 0 Å². The maximum Gasteiger partial charge on any atom is 0.255 e. The SMILES string of the molecule is C[C@H]1CN(C(=O)c2cc(Cl)ccc2Cl)CCN1. The highest BCUT2D eigenvalue weighted by molar-refractivity contribution is 6.35. The van der Waals surface area contributed by atoms with Gasteiger partial charge in [-0.3, -0.25) is 4.79 Å². The van der Waals surface area contributed by atoms with Crippen LogP contribution in [-0.2, 0) is 0 Å². The van der Waals surface area contributed by atoms with Gasteiger partial charge in [0.05, 0.1) is 10.6 Å². The third kappa shape index (κ3) is 2.92. The van der Waals surface area contributed by atoms with E-state index in [1.165, 1.54) is 0 Å². The van der Waals surface area contributed by atoms with Crippen LogP contribution in [0.25, 0.3) is 0 Å². The maximum absolute atomic E-state index is 12.3. The van der Waals surface area contributed by atoms with Crippen LogP contribution in [0.15, 0.2) is 18.2 Å². The standard InChI is InChI=1S/C12H14Cl2N2O/c1-8-7-16(5-4-15-8)12(17)10-6-9(13)2-3-11(10)14/h2-3,6,8,15H,4-5,7H2,1H3/t8-/m0/s1. The molecule has 0 saturated carbocycles. The first-order valence-corrected chi connectivity index (χ1v) is 6.31. The third-order valence-corrected chi connectivity index (χ3v) is 3.38. The highest BCUT2D eigenvalue weighted by Gasteiger charge is 2.23. The average Bonchev–Trinajstić information content (AvgIpc) is 2.31. The molecule has 1 amide bonds. The summed E-state index contributed by atoms with van der Waals surface area (Å²) in [6.07, 6.45) is 0. The van der Waals surface area contributed by atoms with E-state index in [-0.39, 0.29) is 5.91 Å². The highest BCUT2D eigenvalue weighted by atomic mass is 35.5. The number of nitrogens with one attached hydrogen (secondary N) is 1. The molecule has 92 valence electrons. The molecule has 1 aromatic rings. The molecule has 1 aromatic carbocycles. The molecule has 0 aliphatic carbocycles. The lowest BCUT2D eigenvalue weighted by molar-refractivity contribution is 0.0709. The molecule has 0 unspecified atom stereocenters. The summed E-state index contributed by atoms with van der Waals surface area (Å²) in [6.45, 7) is 4.26. The summed E-state index contributed by atoms with van der Waals surface area (Å²) in [6, 6.07) is 5.27. The van der Waals surface area contributed by atoms with Gasteiger partial charge in [0.2, 0.25) is 0 Å². The summed E-state index contributed by atoms with van der Waals surface area (Å²) in [7, 11) is 0. The summed E-state index contributed by atoms with van der Waals surface area (Å²) in [5.74, 6) is -0.0501. The van der Waals surface area contributed by atoms with Crippen LogP contribution in [-0.4, -0.2) is 36.5 Å². The Kier molecular flexibility index (Phi) is 3.92. The van der Waals surface area contributed by atoms with Crippen molar-refractivity contribution in [2.24, 2.45) is 0 Å². The largest absolute Gasteiger partial charge is 0.336 e. The van der Waals surface area contributed by atoms with Gasteiger partial charge in [-0.1, -0.05) is 23.2 Å². The van der Waals surface area contributed by atoms with Gasteiger partial charge in [-0.05, 0) is 25.1 Å². The van der Waals surface area contributed by atoms with Crippen LogP contribution < -0.4 is 5.32 Å². The van der Waals surface area contributed by atoms with E-state index >= 15 is 0 Å². The number of benzene rings is 1. The fourth-order valence-electron chi connectivity index (χ4n) is 1.95. The van der Waals surface area contributed by atoms with Gasteiger partial charge < -0.3 is 10.2 Å². The Morgan fingerprint density at radius 1 is 1.47 bits per heavy atom. The number of halogens is 2. The van der Waals surface area contributed by atoms with Crippen molar-refractivity contribution in [3.05, 3.63) is 33.8 Å². The molecule has 3 nitrogen and oxygen atoms in total. The number of hydrogen-bond donors (Lipinski definition) is 1. The number of carbonyl (C=O) groups is 1. The summed E-state index contributed by atoms with van der Waals surface area (Å²) < 4.78 is 0. The third-order valence-electron chi connectivity index (χ3n) is 2.81. The molecule has 1 heterocycles. The molecule has 5 heteroatoms. The smallest absolute Gasteiger partial charge is 0.255 e. The summed E-state index contributed by atoms with van der Waals surface area (Å²) >= 11 is 11.9. The molecular weight excluding hydrogens is 259 g/mol. The Labute approximate surface area is 111 Å². The minimum Gasteiger partial charge on any atom is -0.336 e. The molecule has 0 spiro atoms. The zero-order valence-electron chi connectivity index (χ0n) is 9.54. The molecule has 1 aliphatic heterocycles. The molecule has 0 radical (unpaired) electrons. The Bertz CT molecular complexity index is 437. The van der Waals surface area contributed by atoms with Crippen LogP contribution in [0.2, 0.25) is 10.0 Å². The number of amides is 1. The second-order valence-corrected chi connectivity index (χ2v) is 5.07. The molecule has 1 saturated heterocycles. The molecule has 1 fully saturated rings. The fourth-order valence-corrected chi connectivity index (χ4v) is 2.32. The molecule has 1 aliphatic rings. The maximum atomic E-state index is 12.3. The highest BCUT2D eigenvalue weighted by Crippen LogP contribution is 2.22. The van der Waals surface area contributed by atoms with Crippen LogP contribution in [0.5, 0.6) is 0 Å². The van der Waals surface area contributed by atoms with E-state index in [1.807, 2.05) is 0 Å². The van der Waals surface area contributed by atoms with E-state index < -0.39 is 0 Å². The van der Waals surface area contributed by atoms with E-state index in [0.29, 0.717) is 34.7 Å². The average molecular weight is 273 g/mol. The van der Waals surface area contributed by atoms with Gasteiger partial charge in [-0.2, -0.15) is 0 Å². The van der Waals surface area contributed by atoms with Gasteiger partial charge in [-0.15, -0.1) is 0 Å². The van der Waals surface area contributed by atoms with Crippen molar-refractivity contribution >= 4 is 29.1 Å². The Balaban J connectivity index is 2.21. The Morgan fingerprint density at radius 2 is 2.24 bits per heavy atom. The van der Waals surface area contributed by atoms with Gasteiger partial charge >= 0.3 is 0 Å². The number of nitrogens with zero attached hydrogens (tertiary/aromatic N) is 1. The topological polar surface area (TPSA) is 32.3 Å². The monoisotopic (exact) mass is 272 g/mol. The molecule has 0 bridgehead atoms. The minimum atomic E-state index is -0.0501. The lowest BCUT2D eigenvalue weighted by Gasteiger charge is -2.32. The van der Waals surface area contributed by atoms with E-state index in [0.717, 1.165) is 6.54 Å². The van der Waals surface area contributed by atoms with Crippen molar-refractivity contribution < 1.29 is 4.79 Å². The first kappa shape index (κ1) is 12.7. The molecule has 17 heavy (non-hydrogen) atoms. The molecule has 0 aromatic heterocycles. The van der Waals surface area contributed by atoms with E-state index in [1.54, 1.807) is 23.1 Å². The van der Waals surface area contributed by atoms with E-state index in [2.05, 4.69) is 12.2 Å². The first-order valence-electron chi connectivity index (χ1n) is 5.55. The number of rotatable bonds is 1. The first-order chi connectivity index (χ1) is 8.08. The minimum absolute atomic E-state index is 0.0501. The fraction of sp³-hybridized carbons (Fsp3) is 0.417. The van der Waals surface area contributed by atoms with Crippen LogP contribution in [0, 0.1) is 0 Å². The van der Waals surface area contributed by atoms with Crippen molar-refractivity contribution in [3.8, 4) is 0 Å². The normalized spacial score (nSPS) is 20.4. The van der Waals surface area contributed by atoms with Crippen LogP contribution in [0.4, 0.5) is 0 Å². The van der Waals surface area contributed by atoms with Gasteiger partial charge in [0.15, 0.2) is 0 Å². The molecule has 1 N–H and O–H groups in total. The Morgan fingerprint density at radius 3 is 2.94 bits per heavy atom. The predicted molar refractivity (Wildman–Crippen MR) is 69.8 cm³/mol. The van der Waals surface area contributed by atoms with Crippen LogP contribution in [0.3, 0.4) is 0 Å². The van der Waals surface area contributed by atoms with E-state index in [9.17, 15) is 4.79 Å². The number of carbonyl (C=O) groups excluding carboxylic acids is 1. The van der Waals surface area contributed by atoms with Crippen LogP contribution >= 0.6 is 23.2 Å². The van der Waals surface area contributed by atoms with Gasteiger partial charge in [0.1, 0.15) is 0 Å². The number of piperazine rings is 1. The van der Waals surface area contributed by atoms with Crippen molar-refractivity contribution in [2.45, 2.75) is 13.0 Å². The van der Waals surface area contributed by atoms with Crippen molar-refractivity contribution in [2.75, 3.05) is 19.6 Å². The van der Waals surface area contributed by atoms with Gasteiger partial charge in [0, 0.05) is 30.7 Å². The molecule has 1 atom stereocenters. The van der Waals surface area contributed by atoms with Crippen molar-refractivity contribution in [3.63, 3.8) is 0 Å². The Hall–Kier alpha value is -0.770. The van der Waals surface area contributed by atoms with Crippen molar-refractivity contribution in [1.29, 1.82) is 0 Å².